The second-order valence-electron chi connectivity index (χ2n) is 7.83. The molecule has 1 fully saturated rings. The Balaban J connectivity index is 1.34. The SMILES string of the molecule is CCCCc1ccc(C(=O)N2CCC(c3nc(-c4ccc(Cl)cc4)no3)CC2)cc1. The van der Waals surface area contributed by atoms with E-state index in [1.54, 1.807) is 0 Å². The van der Waals surface area contributed by atoms with Gasteiger partial charge in [0, 0.05) is 35.2 Å². The minimum atomic E-state index is 0.0999. The van der Waals surface area contributed by atoms with Gasteiger partial charge in [-0.25, -0.2) is 0 Å². The third kappa shape index (κ3) is 4.73. The lowest BCUT2D eigenvalue weighted by Crippen LogP contribution is -2.38. The molecule has 30 heavy (non-hydrogen) atoms. The molecule has 0 N–H and O–H groups in total. The van der Waals surface area contributed by atoms with E-state index in [2.05, 4.69) is 29.2 Å². The van der Waals surface area contributed by atoms with Crippen LogP contribution in [0.15, 0.2) is 53.1 Å². The van der Waals surface area contributed by atoms with Crippen molar-refractivity contribution in [3.8, 4) is 11.4 Å². The van der Waals surface area contributed by atoms with Crippen molar-refractivity contribution >= 4 is 17.5 Å². The van der Waals surface area contributed by atoms with Gasteiger partial charge in [-0.1, -0.05) is 42.2 Å². The average molecular weight is 424 g/mol. The van der Waals surface area contributed by atoms with Crippen LogP contribution in [0.5, 0.6) is 0 Å². The lowest BCUT2D eigenvalue weighted by molar-refractivity contribution is 0.0704. The molecule has 2 aromatic carbocycles. The zero-order valence-corrected chi connectivity index (χ0v) is 17.9. The molecule has 5 nitrogen and oxygen atoms in total. The predicted octanol–water partition coefficient (Wildman–Crippen LogP) is 5.75. The number of hydrogen-bond donors (Lipinski definition) is 0. The van der Waals surface area contributed by atoms with Gasteiger partial charge >= 0.3 is 0 Å². The largest absolute Gasteiger partial charge is 0.339 e. The molecule has 1 aliphatic rings. The number of carbonyl (C=O) groups is 1. The monoisotopic (exact) mass is 423 g/mol. The fourth-order valence-electron chi connectivity index (χ4n) is 3.82. The first-order valence-electron chi connectivity index (χ1n) is 10.6. The number of benzene rings is 2. The summed E-state index contributed by atoms with van der Waals surface area (Å²) < 4.78 is 5.52. The number of aromatic nitrogens is 2. The molecule has 0 spiro atoms. The highest BCUT2D eigenvalue weighted by molar-refractivity contribution is 6.30. The van der Waals surface area contributed by atoms with Gasteiger partial charge in [-0.2, -0.15) is 4.98 Å². The van der Waals surface area contributed by atoms with E-state index in [0.717, 1.165) is 30.4 Å². The lowest BCUT2D eigenvalue weighted by atomic mass is 9.96. The molecule has 6 heteroatoms. The number of piperidine rings is 1. The van der Waals surface area contributed by atoms with Crippen LogP contribution in [0, 0.1) is 0 Å². The highest BCUT2D eigenvalue weighted by atomic mass is 35.5. The smallest absolute Gasteiger partial charge is 0.253 e. The maximum Gasteiger partial charge on any atom is 0.253 e. The van der Waals surface area contributed by atoms with E-state index >= 15 is 0 Å². The van der Waals surface area contributed by atoms with E-state index in [9.17, 15) is 4.79 Å². The van der Waals surface area contributed by atoms with Gasteiger partial charge in [0.15, 0.2) is 0 Å². The first-order chi connectivity index (χ1) is 14.6. The minimum Gasteiger partial charge on any atom is -0.339 e. The third-order valence-corrected chi connectivity index (χ3v) is 5.95. The maximum absolute atomic E-state index is 12.8. The standard InChI is InChI=1S/C24H26ClN3O2/c1-2-3-4-17-5-7-20(8-6-17)24(29)28-15-13-19(14-16-28)23-26-22(27-30-23)18-9-11-21(25)12-10-18/h5-12,19H,2-4,13-16H2,1H3. The Labute approximate surface area is 182 Å². The van der Waals surface area contributed by atoms with Gasteiger partial charge in [-0.15, -0.1) is 0 Å². The van der Waals surface area contributed by atoms with Crippen LogP contribution in [0.4, 0.5) is 0 Å². The van der Waals surface area contributed by atoms with Crippen LogP contribution in [0.3, 0.4) is 0 Å². The molecular weight excluding hydrogens is 398 g/mol. The molecule has 1 saturated heterocycles. The van der Waals surface area contributed by atoms with Crippen molar-refractivity contribution in [2.24, 2.45) is 0 Å². The fraction of sp³-hybridized carbons (Fsp3) is 0.375. The summed E-state index contributed by atoms with van der Waals surface area (Å²) in [6.45, 7) is 3.58. The Bertz CT molecular complexity index is 974. The van der Waals surface area contributed by atoms with E-state index in [4.69, 9.17) is 16.1 Å². The van der Waals surface area contributed by atoms with Crippen molar-refractivity contribution in [3.63, 3.8) is 0 Å². The minimum absolute atomic E-state index is 0.0999. The highest BCUT2D eigenvalue weighted by Gasteiger charge is 2.28. The van der Waals surface area contributed by atoms with Crippen LogP contribution >= 0.6 is 11.6 Å². The molecule has 0 unspecified atom stereocenters. The number of nitrogens with zero attached hydrogens (tertiary/aromatic N) is 3. The second kappa shape index (κ2) is 9.43. The number of unbranched alkanes of at least 4 members (excludes halogenated alkanes) is 1. The Morgan fingerprint density at radius 2 is 1.80 bits per heavy atom. The summed E-state index contributed by atoms with van der Waals surface area (Å²) in [5.74, 6) is 1.50. The van der Waals surface area contributed by atoms with Crippen LogP contribution in [-0.4, -0.2) is 34.0 Å². The van der Waals surface area contributed by atoms with Gasteiger partial charge in [0.2, 0.25) is 11.7 Å². The van der Waals surface area contributed by atoms with E-state index < -0.39 is 0 Å². The molecule has 2 heterocycles. The van der Waals surface area contributed by atoms with Crippen molar-refractivity contribution in [1.82, 2.24) is 15.0 Å². The zero-order valence-electron chi connectivity index (χ0n) is 17.2. The van der Waals surface area contributed by atoms with Gasteiger partial charge in [0.05, 0.1) is 0 Å². The van der Waals surface area contributed by atoms with Crippen LogP contribution in [0.1, 0.15) is 60.3 Å². The van der Waals surface area contributed by atoms with E-state index in [1.807, 2.05) is 41.3 Å². The fourth-order valence-corrected chi connectivity index (χ4v) is 3.95. The Morgan fingerprint density at radius 3 is 2.47 bits per heavy atom. The van der Waals surface area contributed by atoms with Gasteiger partial charge in [-0.05, 0) is 67.6 Å². The van der Waals surface area contributed by atoms with Crippen molar-refractivity contribution in [3.05, 3.63) is 70.6 Å². The molecule has 156 valence electrons. The Morgan fingerprint density at radius 1 is 1.10 bits per heavy atom. The quantitative estimate of drug-likeness (QED) is 0.506. The molecule has 3 aromatic rings. The summed E-state index contributed by atoms with van der Waals surface area (Å²) in [4.78, 5) is 19.3. The molecule has 1 aliphatic heterocycles. The van der Waals surface area contributed by atoms with E-state index in [-0.39, 0.29) is 11.8 Å². The summed E-state index contributed by atoms with van der Waals surface area (Å²) in [6, 6.07) is 15.4. The topological polar surface area (TPSA) is 59.2 Å². The summed E-state index contributed by atoms with van der Waals surface area (Å²) in [7, 11) is 0. The number of aryl methyl sites for hydroxylation is 1. The van der Waals surface area contributed by atoms with Crippen molar-refractivity contribution in [1.29, 1.82) is 0 Å². The number of hydrogen-bond acceptors (Lipinski definition) is 4. The molecule has 0 aliphatic carbocycles. The number of carbonyl (C=O) groups excluding carboxylic acids is 1. The summed E-state index contributed by atoms with van der Waals surface area (Å²) in [5, 5.41) is 4.79. The number of rotatable bonds is 6. The van der Waals surface area contributed by atoms with Gasteiger partial charge in [0.1, 0.15) is 0 Å². The summed E-state index contributed by atoms with van der Waals surface area (Å²) in [6.07, 6.45) is 5.07. The molecule has 0 bridgehead atoms. The second-order valence-corrected chi connectivity index (χ2v) is 8.27. The zero-order chi connectivity index (χ0) is 20.9. The van der Waals surface area contributed by atoms with Crippen LogP contribution in [0.2, 0.25) is 5.02 Å². The first kappa shape index (κ1) is 20.6. The molecule has 1 aromatic heterocycles. The first-order valence-corrected chi connectivity index (χ1v) is 11.0. The van der Waals surface area contributed by atoms with E-state index in [1.165, 1.54) is 18.4 Å². The van der Waals surface area contributed by atoms with Gasteiger partial charge in [0.25, 0.3) is 5.91 Å². The Kier molecular flexibility index (Phi) is 6.48. The van der Waals surface area contributed by atoms with Crippen molar-refractivity contribution < 1.29 is 9.32 Å². The molecule has 0 atom stereocenters. The predicted molar refractivity (Wildman–Crippen MR) is 118 cm³/mol. The number of likely N-dealkylation sites (tertiary alicyclic amines) is 1. The molecule has 0 radical (unpaired) electrons. The summed E-state index contributed by atoms with van der Waals surface area (Å²) >= 11 is 5.94. The van der Waals surface area contributed by atoms with E-state index in [0.29, 0.717) is 29.8 Å². The number of amides is 1. The normalized spacial score (nSPS) is 14.8. The molecule has 0 saturated carbocycles. The molecule has 1 amide bonds. The van der Waals surface area contributed by atoms with Crippen LogP contribution < -0.4 is 0 Å². The number of halogens is 1. The van der Waals surface area contributed by atoms with Gasteiger partial charge in [-0.3, -0.25) is 4.79 Å². The van der Waals surface area contributed by atoms with Crippen LogP contribution in [-0.2, 0) is 6.42 Å². The third-order valence-electron chi connectivity index (χ3n) is 5.70. The highest BCUT2D eigenvalue weighted by Crippen LogP contribution is 2.29. The molecule has 4 rings (SSSR count). The summed E-state index contributed by atoms with van der Waals surface area (Å²) in [5.41, 5.74) is 2.93. The van der Waals surface area contributed by atoms with Crippen molar-refractivity contribution in [2.45, 2.75) is 44.9 Å². The maximum atomic E-state index is 12.8. The lowest BCUT2D eigenvalue weighted by Gasteiger charge is -2.30. The van der Waals surface area contributed by atoms with Crippen LogP contribution in [0.25, 0.3) is 11.4 Å². The average Bonchev–Trinajstić information content (AvgIpc) is 3.28. The van der Waals surface area contributed by atoms with Crippen molar-refractivity contribution in [2.75, 3.05) is 13.1 Å². The molecular formula is C24H26ClN3O2. The Hall–Kier alpha value is -2.66. The van der Waals surface area contributed by atoms with Gasteiger partial charge < -0.3 is 9.42 Å².